The van der Waals surface area contributed by atoms with Crippen LogP contribution in [0.1, 0.15) is 25.7 Å². The highest BCUT2D eigenvalue weighted by atomic mass is 16.5. The third-order valence-electron chi connectivity index (χ3n) is 4.74. The van der Waals surface area contributed by atoms with Gasteiger partial charge in [-0.2, -0.15) is 0 Å². The van der Waals surface area contributed by atoms with Gasteiger partial charge in [0, 0.05) is 18.5 Å². The fourth-order valence-electron chi connectivity index (χ4n) is 3.45. The van der Waals surface area contributed by atoms with Crippen molar-refractivity contribution in [1.82, 2.24) is 5.32 Å². The van der Waals surface area contributed by atoms with Gasteiger partial charge in [0.15, 0.2) is 0 Å². The normalized spacial score (nSPS) is 27.3. The number of nitrogens with zero attached hydrogens (tertiary/aromatic N) is 1. The second-order valence-electron chi connectivity index (χ2n) is 6.28. The smallest absolute Gasteiger partial charge is 0.249 e. The number of carbonyl (C=O) groups excluding carboxylic acids is 2. The van der Waals surface area contributed by atoms with E-state index < -0.39 is 6.04 Å². The SMILES string of the molecule is COc1ccccc1N1CC[C@H](NC(=O)[C@H]2CC[C@H](N)C2)C1=O. The highest BCUT2D eigenvalue weighted by molar-refractivity contribution is 6.02. The molecule has 2 amide bonds. The third kappa shape index (κ3) is 3.17. The fraction of sp³-hybridized carbons (Fsp3) is 0.529. The number of para-hydroxylation sites is 2. The lowest BCUT2D eigenvalue weighted by molar-refractivity contribution is -0.129. The van der Waals surface area contributed by atoms with E-state index in [4.69, 9.17) is 10.5 Å². The molecule has 3 atom stereocenters. The second kappa shape index (κ2) is 6.58. The number of hydrogen-bond acceptors (Lipinski definition) is 4. The number of methoxy groups -OCH3 is 1. The molecule has 2 fully saturated rings. The van der Waals surface area contributed by atoms with Gasteiger partial charge in [0.05, 0.1) is 12.8 Å². The molecule has 1 saturated carbocycles. The average molecular weight is 317 g/mol. The summed E-state index contributed by atoms with van der Waals surface area (Å²) in [5.41, 5.74) is 6.61. The molecule has 0 spiro atoms. The highest BCUT2D eigenvalue weighted by Gasteiger charge is 2.37. The van der Waals surface area contributed by atoms with Crippen LogP contribution in [0.25, 0.3) is 0 Å². The Morgan fingerprint density at radius 2 is 2.09 bits per heavy atom. The molecule has 0 unspecified atom stereocenters. The zero-order valence-electron chi connectivity index (χ0n) is 13.3. The molecule has 0 bridgehead atoms. The van der Waals surface area contributed by atoms with Crippen molar-refractivity contribution in [3.8, 4) is 5.75 Å². The Balaban J connectivity index is 1.66. The van der Waals surface area contributed by atoms with Crippen LogP contribution >= 0.6 is 0 Å². The predicted molar refractivity (Wildman–Crippen MR) is 87.2 cm³/mol. The molecule has 1 aromatic carbocycles. The molecule has 6 heteroatoms. The van der Waals surface area contributed by atoms with Crippen molar-refractivity contribution < 1.29 is 14.3 Å². The quantitative estimate of drug-likeness (QED) is 0.869. The van der Waals surface area contributed by atoms with E-state index in [0.29, 0.717) is 25.1 Å². The van der Waals surface area contributed by atoms with E-state index >= 15 is 0 Å². The summed E-state index contributed by atoms with van der Waals surface area (Å²) in [6, 6.07) is 7.08. The van der Waals surface area contributed by atoms with Gasteiger partial charge < -0.3 is 20.7 Å². The van der Waals surface area contributed by atoms with Gasteiger partial charge in [0.2, 0.25) is 11.8 Å². The van der Waals surface area contributed by atoms with E-state index in [0.717, 1.165) is 18.5 Å². The van der Waals surface area contributed by atoms with Crippen LogP contribution in [0.3, 0.4) is 0 Å². The van der Waals surface area contributed by atoms with Crippen molar-refractivity contribution in [1.29, 1.82) is 0 Å². The summed E-state index contributed by atoms with van der Waals surface area (Å²) >= 11 is 0. The van der Waals surface area contributed by atoms with E-state index in [1.54, 1.807) is 12.0 Å². The summed E-state index contributed by atoms with van der Waals surface area (Å²) in [5.74, 6) is 0.482. The van der Waals surface area contributed by atoms with Gasteiger partial charge >= 0.3 is 0 Å². The third-order valence-corrected chi connectivity index (χ3v) is 4.74. The first-order valence-electron chi connectivity index (χ1n) is 8.10. The number of anilines is 1. The molecule has 1 aliphatic carbocycles. The summed E-state index contributed by atoms with van der Waals surface area (Å²) in [6.45, 7) is 0.578. The topological polar surface area (TPSA) is 84.7 Å². The molecule has 1 heterocycles. The fourth-order valence-corrected chi connectivity index (χ4v) is 3.45. The van der Waals surface area contributed by atoms with Crippen molar-refractivity contribution in [2.45, 2.75) is 37.8 Å². The van der Waals surface area contributed by atoms with Gasteiger partial charge in [-0.25, -0.2) is 0 Å². The zero-order chi connectivity index (χ0) is 16.4. The van der Waals surface area contributed by atoms with Crippen LogP contribution in [0.4, 0.5) is 5.69 Å². The molecule has 3 rings (SSSR count). The maximum atomic E-state index is 12.6. The number of nitrogens with two attached hydrogens (primary N) is 1. The molecule has 0 radical (unpaired) electrons. The van der Waals surface area contributed by atoms with Crippen molar-refractivity contribution in [2.75, 3.05) is 18.6 Å². The molecule has 1 aliphatic heterocycles. The number of hydrogen-bond donors (Lipinski definition) is 2. The van der Waals surface area contributed by atoms with Gasteiger partial charge in [-0.15, -0.1) is 0 Å². The van der Waals surface area contributed by atoms with Crippen molar-refractivity contribution >= 4 is 17.5 Å². The Hall–Kier alpha value is -2.08. The Labute approximate surface area is 136 Å². The van der Waals surface area contributed by atoms with Crippen LogP contribution in [0.2, 0.25) is 0 Å². The Kier molecular flexibility index (Phi) is 4.52. The van der Waals surface area contributed by atoms with Crippen molar-refractivity contribution in [3.63, 3.8) is 0 Å². The summed E-state index contributed by atoms with van der Waals surface area (Å²) in [7, 11) is 1.59. The maximum absolute atomic E-state index is 12.6. The second-order valence-corrected chi connectivity index (χ2v) is 6.28. The first-order valence-corrected chi connectivity index (χ1v) is 8.10. The number of ether oxygens (including phenoxy) is 1. The Morgan fingerprint density at radius 1 is 1.30 bits per heavy atom. The first kappa shape index (κ1) is 15.8. The largest absolute Gasteiger partial charge is 0.495 e. The minimum Gasteiger partial charge on any atom is -0.495 e. The molecule has 1 aromatic rings. The average Bonchev–Trinajstić information content (AvgIpc) is 3.14. The van der Waals surface area contributed by atoms with Gasteiger partial charge in [-0.3, -0.25) is 9.59 Å². The minimum absolute atomic E-state index is 0.0434. The molecular formula is C17H23N3O3. The lowest BCUT2D eigenvalue weighted by Gasteiger charge is -2.20. The van der Waals surface area contributed by atoms with Gasteiger partial charge in [0.1, 0.15) is 11.8 Å². The maximum Gasteiger partial charge on any atom is 0.249 e. The molecule has 3 N–H and O–H groups in total. The van der Waals surface area contributed by atoms with Crippen LogP contribution < -0.4 is 20.7 Å². The number of nitrogens with one attached hydrogen (secondary N) is 1. The number of amides is 2. The minimum atomic E-state index is -0.454. The lowest BCUT2D eigenvalue weighted by Crippen LogP contribution is -2.43. The van der Waals surface area contributed by atoms with E-state index in [2.05, 4.69) is 5.32 Å². The predicted octanol–water partition coefficient (Wildman–Crippen LogP) is 1.04. The monoisotopic (exact) mass is 317 g/mol. The van der Waals surface area contributed by atoms with Crippen LogP contribution in [0.5, 0.6) is 5.75 Å². The number of benzene rings is 1. The summed E-state index contributed by atoms with van der Waals surface area (Å²) in [4.78, 5) is 26.6. The summed E-state index contributed by atoms with van der Waals surface area (Å²) in [5, 5.41) is 2.90. The van der Waals surface area contributed by atoms with E-state index in [1.165, 1.54) is 0 Å². The Morgan fingerprint density at radius 3 is 2.78 bits per heavy atom. The highest BCUT2D eigenvalue weighted by Crippen LogP contribution is 2.31. The van der Waals surface area contributed by atoms with Crippen LogP contribution in [-0.2, 0) is 9.59 Å². The van der Waals surface area contributed by atoms with Crippen LogP contribution in [-0.4, -0.2) is 37.6 Å². The zero-order valence-corrected chi connectivity index (χ0v) is 13.3. The molecule has 2 aliphatic rings. The molecule has 6 nitrogen and oxygen atoms in total. The molecule has 124 valence electrons. The Bertz CT molecular complexity index is 605. The van der Waals surface area contributed by atoms with E-state index in [1.807, 2.05) is 24.3 Å². The molecular weight excluding hydrogens is 294 g/mol. The van der Waals surface area contributed by atoms with Crippen molar-refractivity contribution in [3.05, 3.63) is 24.3 Å². The first-order chi connectivity index (χ1) is 11.1. The standard InChI is InChI=1S/C17H23N3O3/c1-23-15-5-3-2-4-14(15)20-9-8-13(17(20)22)19-16(21)11-6-7-12(18)10-11/h2-5,11-13H,6-10,18H2,1H3,(H,19,21)/t11-,12-,13-/m0/s1. The van der Waals surface area contributed by atoms with Crippen LogP contribution in [0.15, 0.2) is 24.3 Å². The lowest BCUT2D eigenvalue weighted by atomic mass is 10.1. The van der Waals surface area contributed by atoms with Crippen molar-refractivity contribution in [2.24, 2.45) is 11.7 Å². The molecule has 23 heavy (non-hydrogen) atoms. The number of rotatable bonds is 4. The van der Waals surface area contributed by atoms with E-state index in [9.17, 15) is 9.59 Å². The van der Waals surface area contributed by atoms with E-state index in [-0.39, 0.29) is 23.8 Å². The van der Waals surface area contributed by atoms with Gasteiger partial charge in [-0.05, 0) is 37.8 Å². The molecule has 0 aromatic heterocycles. The van der Waals surface area contributed by atoms with Gasteiger partial charge in [0.25, 0.3) is 0 Å². The molecule has 1 saturated heterocycles. The number of carbonyl (C=O) groups is 2. The summed E-state index contributed by atoms with van der Waals surface area (Å²) in [6.07, 6.45) is 3.01. The summed E-state index contributed by atoms with van der Waals surface area (Å²) < 4.78 is 5.32. The van der Waals surface area contributed by atoms with Crippen LogP contribution in [0, 0.1) is 5.92 Å². The van der Waals surface area contributed by atoms with Gasteiger partial charge in [-0.1, -0.05) is 12.1 Å².